The lowest BCUT2D eigenvalue weighted by Gasteiger charge is -2.14. The Kier molecular flexibility index (Phi) is 4.02. The van der Waals surface area contributed by atoms with Gasteiger partial charge in [-0.15, -0.1) is 0 Å². The summed E-state index contributed by atoms with van der Waals surface area (Å²) in [5, 5.41) is 0. The molecule has 0 atom stereocenters. The summed E-state index contributed by atoms with van der Waals surface area (Å²) in [6.45, 7) is 0.198. The average Bonchev–Trinajstić information content (AvgIpc) is 3.03. The summed E-state index contributed by atoms with van der Waals surface area (Å²) in [5.74, 6) is 0.797. The highest BCUT2D eigenvalue weighted by Crippen LogP contribution is 2.28. The molecule has 4 rings (SSSR count). The lowest BCUT2D eigenvalue weighted by molar-refractivity contribution is 0.0953. The second kappa shape index (κ2) is 6.48. The second-order valence-electron chi connectivity index (χ2n) is 6.25. The Hall–Kier alpha value is -3.01. The lowest BCUT2D eigenvalue weighted by atomic mass is 9.99. The molecule has 0 fully saturated rings. The van der Waals surface area contributed by atoms with Gasteiger partial charge in [0.2, 0.25) is 0 Å². The normalized spacial score (nSPS) is 13.5. The molecule has 3 aromatic rings. The maximum atomic E-state index is 12.7. The van der Waals surface area contributed by atoms with Crippen molar-refractivity contribution in [3.05, 3.63) is 77.6 Å². The topological polar surface area (TPSA) is 52.0 Å². The number of carbonyl (C=O) groups excluding carboxylic acids is 2. The molecule has 2 aromatic carbocycles. The van der Waals surface area contributed by atoms with Crippen LogP contribution in [0.4, 0.5) is 0 Å². The third-order valence-corrected chi connectivity index (χ3v) is 4.58. The summed E-state index contributed by atoms with van der Waals surface area (Å²) >= 11 is 0. The fourth-order valence-corrected chi connectivity index (χ4v) is 3.33. The summed E-state index contributed by atoms with van der Waals surface area (Å²) in [7, 11) is 0. The third-order valence-electron chi connectivity index (χ3n) is 4.58. The van der Waals surface area contributed by atoms with Crippen LogP contribution in [-0.2, 0) is 13.0 Å². The first kappa shape index (κ1) is 15.5. The van der Waals surface area contributed by atoms with E-state index in [0.717, 1.165) is 24.1 Å². The average molecular weight is 330 g/mol. The van der Waals surface area contributed by atoms with Gasteiger partial charge in [0.05, 0.1) is 6.54 Å². The fourth-order valence-electron chi connectivity index (χ4n) is 3.33. The summed E-state index contributed by atoms with van der Waals surface area (Å²) in [4.78, 5) is 29.6. The van der Waals surface area contributed by atoms with Gasteiger partial charge in [-0.3, -0.25) is 9.59 Å². The molecule has 0 unspecified atom stereocenters. The fraction of sp³-hybridized carbons (Fsp3) is 0.190. The van der Waals surface area contributed by atoms with Crippen LogP contribution in [0.15, 0.2) is 60.7 Å². The minimum atomic E-state index is 0.0241. The zero-order chi connectivity index (χ0) is 17.2. The van der Waals surface area contributed by atoms with E-state index in [-0.39, 0.29) is 18.1 Å². The molecule has 1 aromatic heterocycles. The summed E-state index contributed by atoms with van der Waals surface area (Å²) in [5.41, 5.74) is 3.02. The number of carbonyl (C=O) groups is 2. The van der Waals surface area contributed by atoms with Crippen molar-refractivity contribution in [3.8, 4) is 11.4 Å². The van der Waals surface area contributed by atoms with E-state index in [4.69, 9.17) is 0 Å². The molecular weight excluding hydrogens is 312 g/mol. The Morgan fingerprint density at radius 1 is 0.960 bits per heavy atom. The molecule has 0 bridgehead atoms. The van der Waals surface area contributed by atoms with E-state index in [1.807, 2.05) is 65.2 Å². The van der Waals surface area contributed by atoms with Gasteiger partial charge >= 0.3 is 0 Å². The van der Waals surface area contributed by atoms with Crippen molar-refractivity contribution in [3.63, 3.8) is 0 Å². The van der Waals surface area contributed by atoms with E-state index >= 15 is 0 Å². The number of ketones is 2. The van der Waals surface area contributed by atoms with E-state index in [9.17, 15) is 9.59 Å². The van der Waals surface area contributed by atoms with Crippen LogP contribution >= 0.6 is 0 Å². The smallest absolute Gasteiger partial charge is 0.183 e. The first-order valence-electron chi connectivity index (χ1n) is 8.50. The van der Waals surface area contributed by atoms with Crippen LogP contribution < -0.4 is 0 Å². The first-order chi connectivity index (χ1) is 12.2. The van der Waals surface area contributed by atoms with Gasteiger partial charge in [0, 0.05) is 23.2 Å². The number of hydrogen-bond donors (Lipinski definition) is 0. The van der Waals surface area contributed by atoms with Crippen molar-refractivity contribution in [2.75, 3.05) is 0 Å². The van der Waals surface area contributed by atoms with E-state index < -0.39 is 0 Å². The molecule has 124 valence electrons. The molecule has 0 radical (unpaired) electrons. The Bertz CT molecular complexity index is 927. The number of rotatable bonds is 4. The van der Waals surface area contributed by atoms with Gasteiger partial charge < -0.3 is 4.57 Å². The van der Waals surface area contributed by atoms with Gasteiger partial charge in [0.1, 0.15) is 11.5 Å². The van der Waals surface area contributed by atoms with E-state index in [2.05, 4.69) is 4.98 Å². The molecule has 1 aliphatic rings. The summed E-state index contributed by atoms with van der Waals surface area (Å²) < 4.78 is 1.93. The van der Waals surface area contributed by atoms with Gasteiger partial charge in [-0.25, -0.2) is 4.98 Å². The van der Waals surface area contributed by atoms with Crippen molar-refractivity contribution in [1.82, 2.24) is 9.55 Å². The van der Waals surface area contributed by atoms with Crippen molar-refractivity contribution < 1.29 is 9.59 Å². The number of hydrogen-bond acceptors (Lipinski definition) is 3. The maximum absolute atomic E-state index is 12.7. The second-order valence-corrected chi connectivity index (χ2v) is 6.25. The molecule has 0 aliphatic heterocycles. The Balaban J connectivity index is 1.80. The summed E-state index contributed by atoms with van der Waals surface area (Å²) in [6.07, 6.45) is 2.12. The quantitative estimate of drug-likeness (QED) is 0.681. The molecule has 0 saturated carbocycles. The van der Waals surface area contributed by atoms with E-state index in [1.165, 1.54) is 0 Å². The maximum Gasteiger partial charge on any atom is 0.183 e. The van der Waals surface area contributed by atoms with E-state index in [1.54, 1.807) is 0 Å². The van der Waals surface area contributed by atoms with Crippen molar-refractivity contribution in [1.29, 1.82) is 0 Å². The van der Waals surface area contributed by atoms with Gasteiger partial charge in [0.15, 0.2) is 11.6 Å². The van der Waals surface area contributed by atoms with Crippen LogP contribution in [0.25, 0.3) is 11.4 Å². The zero-order valence-electron chi connectivity index (χ0n) is 13.8. The standard InChI is InChI=1S/C21H18N2O2/c24-18-13-7-12-17-20(18)22-21(16-10-5-2-6-11-16)23(17)14-19(25)15-8-3-1-4-9-15/h1-6,8-11H,7,12-14H2. The van der Waals surface area contributed by atoms with Crippen LogP contribution in [-0.4, -0.2) is 21.1 Å². The first-order valence-corrected chi connectivity index (χ1v) is 8.50. The molecule has 0 amide bonds. The number of imidazole rings is 1. The molecule has 1 heterocycles. The number of nitrogens with zero attached hydrogens (tertiary/aromatic N) is 2. The Morgan fingerprint density at radius 2 is 1.64 bits per heavy atom. The van der Waals surface area contributed by atoms with Crippen molar-refractivity contribution >= 4 is 11.6 Å². The van der Waals surface area contributed by atoms with Gasteiger partial charge in [-0.1, -0.05) is 60.7 Å². The lowest BCUT2D eigenvalue weighted by Crippen LogP contribution is -2.17. The Morgan fingerprint density at radius 3 is 2.36 bits per heavy atom. The number of aromatic nitrogens is 2. The third kappa shape index (κ3) is 2.91. The highest BCUT2D eigenvalue weighted by atomic mass is 16.1. The molecule has 1 aliphatic carbocycles. The predicted molar refractivity (Wildman–Crippen MR) is 95.7 cm³/mol. The van der Waals surface area contributed by atoms with Crippen LogP contribution in [0, 0.1) is 0 Å². The monoisotopic (exact) mass is 330 g/mol. The van der Waals surface area contributed by atoms with Crippen LogP contribution in [0.2, 0.25) is 0 Å². The van der Waals surface area contributed by atoms with Crippen LogP contribution in [0.5, 0.6) is 0 Å². The predicted octanol–water partition coefficient (Wildman–Crippen LogP) is 3.95. The van der Waals surface area contributed by atoms with Crippen LogP contribution in [0.1, 0.15) is 39.4 Å². The van der Waals surface area contributed by atoms with Gasteiger partial charge in [-0.2, -0.15) is 0 Å². The van der Waals surface area contributed by atoms with Gasteiger partial charge in [0.25, 0.3) is 0 Å². The molecule has 4 nitrogen and oxygen atoms in total. The highest BCUT2D eigenvalue weighted by molar-refractivity contribution is 5.98. The largest absolute Gasteiger partial charge is 0.320 e. The molecular formula is C21H18N2O2. The van der Waals surface area contributed by atoms with Crippen LogP contribution in [0.3, 0.4) is 0 Å². The summed E-state index contributed by atoms with van der Waals surface area (Å²) in [6, 6.07) is 19.0. The van der Waals surface area contributed by atoms with E-state index in [0.29, 0.717) is 23.5 Å². The molecule has 0 saturated heterocycles. The minimum Gasteiger partial charge on any atom is -0.320 e. The number of benzene rings is 2. The van der Waals surface area contributed by atoms with Crippen molar-refractivity contribution in [2.45, 2.75) is 25.8 Å². The zero-order valence-corrected chi connectivity index (χ0v) is 13.8. The minimum absolute atomic E-state index is 0.0241. The SMILES string of the molecule is O=C(Cn1c(-c2ccccc2)nc2c1CCCC2=O)c1ccccc1. The molecule has 4 heteroatoms. The molecule has 0 N–H and O–H groups in total. The van der Waals surface area contributed by atoms with Gasteiger partial charge in [-0.05, 0) is 12.8 Å². The number of Topliss-reactive ketones (excluding diaryl/α,β-unsaturated/α-hetero) is 2. The van der Waals surface area contributed by atoms with Crippen molar-refractivity contribution in [2.24, 2.45) is 0 Å². The molecule has 25 heavy (non-hydrogen) atoms. The Labute approximate surface area is 146 Å². The number of fused-ring (bicyclic) bond motifs is 1. The highest BCUT2D eigenvalue weighted by Gasteiger charge is 2.27. The molecule has 0 spiro atoms.